The third-order valence-electron chi connectivity index (χ3n) is 6.68. The first-order chi connectivity index (χ1) is 18.1. The van der Waals surface area contributed by atoms with E-state index in [-0.39, 0.29) is 18.9 Å². The van der Waals surface area contributed by atoms with Crippen LogP contribution in [0.5, 0.6) is 0 Å². The Bertz CT molecular complexity index is 1580. The fraction of sp³-hybridized carbons (Fsp3) is 0.214. The van der Waals surface area contributed by atoms with Crippen LogP contribution >= 0.6 is 0 Å². The lowest BCUT2D eigenvalue weighted by atomic mass is 9.97. The van der Waals surface area contributed by atoms with Crippen molar-refractivity contribution in [2.45, 2.75) is 19.3 Å². The molecule has 2 aromatic carbocycles. The van der Waals surface area contributed by atoms with Crippen LogP contribution in [0.25, 0.3) is 33.4 Å². The molecule has 0 saturated carbocycles. The average molecular weight is 517 g/mol. The fourth-order valence-electron chi connectivity index (χ4n) is 4.72. The molecular weight excluding hydrogens is 490 g/mol. The minimum Gasteiger partial charge on any atom is -0.383 e. The number of nitrogens with zero attached hydrogens (tertiary/aromatic N) is 4. The van der Waals surface area contributed by atoms with E-state index < -0.39 is 18.4 Å². The molecule has 0 radical (unpaired) electrons. The second kappa shape index (κ2) is 9.37. The van der Waals surface area contributed by atoms with Crippen LogP contribution in [-0.2, 0) is 11.8 Å². The third kappa shape index (κ3) is 4.49. The van der Waals surface area contributed by atoms with E-state index in [1.807, 2.05) is 23.7 Å². The van der Waals surface area contributed by atoms with Gasteiger partial charge < -0.3 is 20.5 Å². The Morgan fingerprint density at radius 1 is 1.05 bits per heavy atom. The van der Waals surface area contributed by atoms with Crippen molar-refractivity contribution in [2.24, 2.45) is 7.05 Å². The number of likely N-dealkylation sites (tertiary alicyclic amines) is 1. The molecule has 1 aliphatic heterocycles. The number of aromatic nitrogens is 3. The predicted molar refractivity (Wildman–Crippen MR) is 143 cm³/mol. The number of hydrogen-bond donors (Lipinski definition) is 2. The molecule has 1 aliphatic rings. The molecule has 2 aromatic heterocycles. The topological polar surface area (TPSA) is 106 Å². The van der Waals surface area contributed by atoms with E-state index in [0.29, 0.717) is 33.7 Å². The van der Waals surface area contributed by atoms with Crippen LogP contribution in [0.4, 0.5) is 20.3 Å². The van der Waals surface area contributed by atoms with E-state index in [0.717, 1.165) is 22.4 Å². The van der Waals surface area contributed by atoms with Crippen LogP contribution in [-0.4, -0.2) is 50.3 Å². The van der Waals surface area contributed by atoms with Crippen LogP contribution in [0.1, 0.15) is 23.7 Å². The van der Waals surface area contributed by atoms with Crippen molar-refractivity contribution in [3.63, 3.8) is 0 Å². The van der Waals surface area contributed by atoms with Gasteiger partial charge in [-0.3, -0.25) is 9.59 Å². The van der Waals surface area contributed by atoms with Crippen molar-refractivity contribution in [3.8, 4) is 22.4 Å². The minimum absolute atomic E-state index is 0.0255. The normalized spacial score (nSPS) is 14.6. The Labute approximate surface area is 217 Å². The maximum absolute atomic E-state index is 13.6. The van der Waals surface area contributed by atoms with Gasteiger partial charge >= 0.3 is 0 Å². The Morgan fingerprint density at radius 2 is 1.71 bits per heavy atom. The van der Waals surface area contributed by atoms with E-state index in [2.05, 4.69) is 21.9 Å². The molecule has 0 spiro atoms. The highest BCUT2D eigenvalue weighted by molar-refractivity contribution is 6.08. The molecule has 194 valence electrons. The van der Waals surface area contributed by atoms with Crippen molar-refractivity contribution < 1.29 is 18.4 Å². The first-order valence-electron chi connectivity index (χ1n) is 12.0. The van der Waals surface area contributed by atoms with Gasteiger partial charge in [-0.1, -0.05) is 30.8 Å². The Kier molecular flexibility index (Phi) is 6.18. The molecule has 3 N–H and O–H groups in total. The van der Waals surface area contributed by atoms with Crippen LogP contribution in [0.2, 0.25) is 0 Å². The zero-order chi connectivity index (χ0) is 27.2. The molecule has 38 heavy (non-hydrogen) atoms. The van der Waals surface area contributed by atoms with Crippen LogP contribution in [0, 0.1) is 0 Å². The smallest absolute Gasteiger partial charge is 0.267 e. The van der Waals surface area contributed by atoms with Gasteiger partial charge in [-0.15, -0.1) is 0 Å². The zero-order valence-electron chi connectivity index (χ0n) is 21.0. The Morgan fingerprint density at radius 3 is 2.32 bits per heavy atom. The average Bonchev–Trinajstić information content (AvgIpc) is 3.41. The number of aryl methyl sites for hydroxylation is 1. The molecule has 0 unspecified atom stereocenters. The molecule has 1 fully saturated rings. The summed E-state index contributed by atoms with van der Waals surface area (Å²) in [6, 6.07) is 14.1. The number of amides is 2. The summed E-state index contributed by atoms with van der Waals surface area (Å²) < 4.78 is 29.2. The highest BCUT2D eigenvalue weighted by Crippen LogP contribution is 2.42. The summed E-state index contributed by atoms with van der Waals surface area (Å²) in [5.41, 5.74) is 11.5. The standard InChI is InChI=1S/C28H26F2N6O2/c1-16(2)26(37)34-20-10-8-18(9-11-20)23-21(22-24(31)32-15-33-25(22)35(23)3)17-4-6-19(7-5-17)27(38)36-13-12-28(29,30)14-36/h4-11,15H,1,12-14H2,2-3H3,(H,34,37)(H2,31,32,33). The van der Waals surface area contributed by atoms with Gasteiger partial charge in [0.05, 0.1) is 17.6 Å². The lowest BCUT2D eigenvalue weighted by Crippen LogP contribution is -2.31. The first kappa shape index (κ1) is 25.1. The predicted octanol–water partition coefficient (Wildman–Crippen LogP) is 4.88. The van der Waals surface area contributed by atoms with Crippen molar-refractivity contribution in [3.05, 3.63) is 72.6 Å². The Hall–Kier alpha value is -4.60. The molecule has 4 aromatic rings. The molecule has 1 saturated heterocycles. The molecule has 3 heterocycles. The summed E-state index contributed by atoms with van der Waals surface area (Å²) in [6.45, 7) is 4.74. The van der Waals surface area contributed by atoms with Gasteiger partial charge in [-0.2, -0.15) is 0 Å². The molecule has 2 amide bonds. The number of anilines is 2. The summed E-state index contributed by atoms with van der Waals surface area (Å²) in [4.78, 5) is 34.6. The first-order valence-corrected chi connectivity index (χ1v) is 12.0. The second-order valence-corrected chi connectivity index (χ2v) is 9.46. The number of hydrogen-bond acceptors (Lipinski definition) is 5. The van der Waals surface area contributed by atoms with Crippen molar-refractivity contribution in [2.75, 3.05) is 24.1 Å². The van der Waals surface area contributed by atoms with Gasteiger partial charge in [0.1, 0.15) is 17.8 Å². The van der Waals surface area contributed by atoms with Crippen molar-refractivity contribution >= 4 is 34.4 Å². The van der Waals surface area contributed by atoms with Crippen LogP contribution < -0.4 is 11.1 Å². The molecule has 5 rings (SSSR count). The van der Waals surface area contributed by atoms with E-state index in [4.69, 9.17) is 5.73 Å². The molecule has 0 atom stereocenters. The number of nitrogens with two attached hydrogens (primary N) is 1. The van der Waals surface area contributed by atoms with Crippen LogP contribution in [0.15, 0.2) is 67.0 Å². The summed E-state index contributed by atoms with van der Waals surface area (Å²) in [5.74, 6) is -3.24. The third-order valence-corrected chi connectivity index (χ3v) is 6.68. The molecular formula is C28H26F2N6O2. The van der Waals surface area contributed by atoms with Gasteiger partial charge in [0.2, 0.25) is 0 Å². The quantitative estimate of drug-likeness (QED) is 0.368. The lowest BCUT2D eigenvalue weighted by molar-refractivity contribution is -0.112. The summed E-state index contributed by atoms with van der Waals surface area (Å²) in [7, 11) is 1.87. The number of nitrogens with one attached hydrogen (secondary N) is 1. The Balaban J connectivity index is 1.56. The van der Waals surface area contributed by atoms with E-state index in [9.17, 15) is 18.4 Å². The van der Waals surface area contributed by atoms with E-state index >= 15 is 0 Å². The van der Waals surface area contributed by atoms with Gasteiger partial charge in [0.15, 0.2) is 0 Å². The number of benzene rings is 2. The summed E-state index contributed by atoms with van der Waals surface area (Å²) >= 11 is 0. The van der Waals surface area contributed by atoms with Crippen molar-refractivity contribution in [1.82, 2.24) is 19.4 Å². The molecule has 8 nitrogen and oxygen atoms in total. The van der Waals surface area contributed by atoms with Gasteiger partial charge in [0, 0.05) is 42.4 Å². The maximum atomic E-state index is 13.6. The minimum atomic E-state index is -2.85. The van der Waals surface area contributed by atoms with Gasteiger partial charge in [-0.05, 0) is 42.3 Å². The monoisotopic (exact) mass is 516 g/mol. The van der Waals surface area contributed by atoms with Crippen molar-refractivity contribution in [1.29, 1.82) is 0 Å². The fourth-order valence-corrected chi connectivity index (χ4v) is 4.72. The molecule has 10 heteroatoms. The zero-order valence-corrected chi connectivity index (χ0v) is 21.0. The largest absolute Gasteiger partial charge is 0.383 e. The number of fused-ring (bicyclic) bond motifs is 1. The number of rotatable bonds is 5. The molecule has 0 bridgehead atoms. The summed E-state index contributed by atoms with van der Waals surface area (Å²) in [6.07, 6.45) is 1.07. The number of carbonyl (C=O) groups is 2. The highest BCUT2D eigenvalue weighted by atomic mass is 19.3. The second-order valence-electron chi connectivity index (χ2n) is 9.46. The SMILES string of the molecule is C=C(C)C(=O)Nc1ccc(-c2c(-c3ccc(C(=O)N4CCC(F)(F)C4)cc3)c3c(N)ncnc3n2C)cc1. The van der Waals surface area contributed by atoms with Gasteiger partial charge in [-0.25, -0.2) is 18.7 Å². The van der Waals surface area contributed by atoms with E-state index in [1.54, 1.807) is 43.3 Å². The number of nitrogen functional groups attached to an aromatic ring is 1. The summed E-state index contributed by atoms with van der Waals surface area (Å²) in [5, 5.41) is 3.45. The van der Waals surface area contributed by atoms with Gasteiger partial charge in [0.25, 0.3) is 17.7 Å². The van der Waals surface area contributed by atoms with E-state index in [1.165, 1.54) is 11.2 Å². The number of halogens is 2. The van der Waals surface area contributed by atoms with Crippen LogP contribution in [0.3, 0.4) is 0 Å². The molecule has 0 aliphatic carbocycles. The number of alkyl halides is 2. The lowest BCUT2D eigenvalue weighted by Gasteiger charge is -2.16. The maximum Gasteiger partial charge on any atom is 0.267 e. The highest BCUT2D eigenvalue weighted by Gasteiger charge is 2.40. The number of carbonyl (C=O) groups excluding carboxylic acids is 2.